The minimum atomic E-state index is -0.155. The molecule has 138 valence electrons. The normalized spacial score (nSPS) is 20.3. The van der Waals surface area contributed by atoms with Gasteiger partial charge in [-0.05, 0) is 50.2 Å². The number of rotatable bonds is 7. The molecule has 1 aliphatic carbocycles. The fourth-order valence-electron chi connectivity index (χ4n) is 3.29. The lowest BCUT2D eigenvalue weighted by Gasteiger charge is -2.33. The van der Waals surface area contributed by atoms with Crippen LogP contribution in [0.1, 0.15) is 60.2 Å². The molecule has 4 rings (SSSR count). The summed E-state index contributed by atoms with van der Waals surface area (Å²) in [6.45, 7) is 2.15. The summed E-state index contributed by atoms with van der Waals surface area (Å²) in [7, 11) is 0. The predicted octanol–water partition coefficient (Wildman–Crippen LogP) is 2.80. The van der Waals surface area contributed by atoms with Crippen LogP contribution in [0, 0.1) is 5.92 Å². The minimum absolute atomic E-state index is 0.00961. The van der Waals surface area contributed by atoms with Crippen LogP contribution in [-0.4, -0.2) is 45.7 Å². The molecule has 0 bridgehead atoms. The number of hydrogen-bond donors (Lipinski definition) is 0. The summed E-state index contributed by atoms with van der Waals surface area (Å²) in [5.74, 6) is 1.93. The molecule has 1 amide bonds. The summed E-state index contributed by atoms with van der Waals surface area (Å²) in [6, 6.07) is 3.33. The zero-order chi connectivity index (χ0) is 17.8. The van der Waals surface area contributed by atoms with Crippen LogP contribution in [0.5, 0.6) is 0 Å². The number of likely N-dealkylation sites (tertiary alicyclic amines) is 1. The molecule has 0 N–H and O–H groups in total. The van der Waals surface area contributed by atoms with Crippen LogP contribution in [0.15, 0.2) is 29.0 Å². The van der Waals surface area contributed by atoms with Crippen molar-refractivity contribution in [1.29, 1.82) is 0 Å². The highest BCUT2D eigenvalue weighted by atomic mass is 16.5. The number of ether oxygens (including phenoxy) is 1. The Hall–Kier alpha value is -2.28. The van der Waals surface area contributed by atoms with Crippen molar-refractivity contribution >= 4 is 5.91 Å². The summed E-state index contributed by atoms with van der Waals surface area (Å²) in [5.41, 5.74) is 0.639. The Morgan fingerprint density at radius 2 is 2.08 bits per heavy atom. The third kappa shape index (κ3) is 4.09. The summed E-state index contributed by atoms with van der Waals surface area (Å²) in [6.07, 6.45) is 9.37. The Labute approximate surface area is 152 Å². The fourth-order valence-corrected chi connectivity index (χ4v) is 3.29. The number of amides is 1. The molecule has 2 aliphatic rings. The first-order chi connectivity index (χ1) is 12.8. The first kappa shape index (κ1) is 17.1. The van der Waals surface area contributed by atoms with Crippen molar-refractivity contribution in [3.63, 3.8) is 0 Å². The van der Waals surface area contributed by atoms with E-state index in [9.17, 15) is 4.79 Å². The third-order valence-corrected chi connectivity index (χ3v) is 4.98. The Morgan fingerprint density at radius 3 is 2.88 bits per heavy atom. The smallest absolute Gasteiger partial charge is 0.254 e. The van der Waals surface area contributed by atoms with Gasteiger partial charge in [0.05, 0.1) is 6.61 Å². The largest absolute Gasteiger partial charge is 0.381 e. The van der Waals surface area contributed by atoms with Gasteiger partial charge in [-0.1, -0.05) is 5.16 Å². The second-order valence-corrected chi connectivity index (χ2v) is 7.06. The summed E-state index contributed by atoms with van der Waals surface area (Å²) in [5, 5.41) is 4.08. The lowest BCUT2D eigenvalue weighted by molar-refractivity contribution is 0.0561. The maximum Gasteiger partial charge on any atom is 0.254 e. The number of aromatic nitrogens is 3. The average molecular weight is 356 g/mol. The second-order valence-electron chi connectivity index (χ2n) is 7.06. The van der Waals surface area contributed by atoms with Gasteiger partial charge in [-0.15, -0.1) is 0 Å². The zero-order valence-electron chi connectivity index (χ0n) is 14.8. The highest BCUT2D eigenvalue weighted by Gasteiger charge is 2.32. The molecule has 2 aromatic heterocycles. The average Bonchev–Trinajstić information content (AvgIpc) is 3.41. The van der Waals surface area contributed by atoms with Gasteiger partial charge in [0.1, 0.15) is 6.04 Å². The first-order valence-electron chi connectivity index (χ1n) is 9.42. The minimum Gasteiger partial charge on any atom is -0.381 e. The lowest BCUT2D eigenvalue weighted by Crippen LogP contribution is -2.38. The number of carbonyl (C=O) groups excluding carboxylic acids is 1. The van der Waals surface area contributed by atoms with Gasteiger partial charge in [-0.2, -0.15) is 4.98 Å². The van der Waals surface area contributed by atoms with Crippen LogP contribution in [0.25, 0.3) is 0 Å². The van der Waals surface area contributed by atoms with Crippen molar-refractivity contribution in [2.75, 3.05) is 19.8 Å². The Bertz CT molecular complexity index is 729. The monoisotopic (exact) mass is 356 g/mol. The van der Waals surface area contributed by atoms with E-state index in [0.29, 0.717) is 36.9 Å². The SMILES string of the molecule is O=C(c1ccncc1)N1CCCCC1c1nc(CCOCC2CC2)no1. The van der Waals surface area contributed by atoms with E-state index in [1.54, 1.807) is 24.5 Å². The van der Waals surface area contributed by atoms with Gasteiger partial charge in [-0.3, -0.25) is 9.78 Å². The second kappa shape index (κ2) is 7.95. The summed E-state index contributed by atoms with van der Waals surface area (Å²) < 4.78 is 11.1. The van der Waals surface area contributed by atoms with Crippen LogP contribution in [0.3, 0.4) is 0 Å². The maximum absolute atomic E-state index is 12.9. The van der Waals surface area contributed by atoms with E-state index in [4.69, 9.17) is 9.26 Å². The van der Waals surface area contributed by atoms with E-state index in [2.05, 4.69) is 15.1 Å². The van der Waals surface area contributed by atoms with Crippen molar-refractivity contribution < 1.29 is 14.1 Å². The maximum atomic E-state index is 12.9. The zero-order valence-corrected chi connectivity index (χ0v) is 14.8. The molecule has 1 saturated heterocycles. The molecule has 7 nitrogen and oxygen atoms in total. The van der Waals surface area contributed by atoms with E-state index >= 15 is 0 Å². The van der Waals surface area contributed by atoms with Crippen molar-refractivity contribution in [3.05, 3.63) is 41.8 Å². The molecule has 0 aromatic carbocycles. The van der Waals surface area contributed by atoms with E-state index in [1.165, 1.54) is 12.8 Å². The van der Waals surface area contributed by atoms with Crippen molar-refractivity contribution in [2.24, 2.45) is 5.92 Å². The van der Waals surface area contributed by atoms with Gasteiger partial charge in [0.15, 0.2) is 5.82 Å². The molecule has 0 radical (unpaired) electrons. The predicted molar refractivity (Wildman–Crippen MR) is 93.4 cm³/mol. The van der Waals surface area contributed by atoms with E-state index in [1.807, 2.05) is 4.90 Å². The van der Waals surface area contributed by atoms with Crippen LogP contribution in [0.2, 0.25) is 0 Å². The Kier molecular flexibility index (Phi) is 5.24. The van der Waals surface area contributed by atoms with Crippen LogP contribution < -0.4 is 0 Å². The number of hydrogen-bond acceptors (Lipinski definition) is 6. The van der Waals surface area contributed by atoms with E-state index in [-0.39, 0.29) is 11.9 Å². The highest BCUT2D eigenvalue weighted by molar-refractivity contribution is 5.94. The van der Waals surface area contributed by atoms with Gasteiger partial charge in [0, 0.05) is 37.5 Å². The van der Waals surface area contributed by atoms with E-state index < -0.39 is 0 Å². The van der Waals surface area contributed by atoms with E-state index in [0.717, 1.165) is 31.8 Å². The van der Waals surface area contributed by atoms with Gasteiger partial charge in [0.2, 0.25) is 5.89 Å². The molecule has 2 fully saturated rings. The molecular formula is C19H24N4O3. The fraction of sp³-hybridized carbons (Fsp3) is 0.579. The molecule has 1 saturated carbocycles. The van der Waals surface area contributed by atoms with Crippen molar-refractivity contribution in [3.8, 4) is 0 Å². The molecule has 2 aromatic rings. The lowest BCUT2D eigenvalue weighted by atomic mass is 10.0. The van der Waals surface area contributed by atoms with Crippen molar-refractivity contribution in [1.82, 2.24) is 20.0 Å². The molecule has 1 unspecified atom stereocenters. The number of pyridine rings is 1. The molecule has 26 heavy (non-hydrogen) atoms. The highest BCUT2D eigenvalue weighted by Crippen LogP contribution is 2.31. The summed E-state index contributed by atoms with van der Waals surface area (Å²) >= 11 is 0. The quantitative estimate of drug-likeness (QED) is 0.710. The first-order valence-corrected chi connectivity index (χ1v) is 9.42. The van der Waals surface area contributed by atoms with Gasteiger partial charge in [-0.25, -0.2) is 0 Å². The van der Waals surface area contributed by atoms with Gasteiger partial charge >= 0.3 is 0 Å². The van der Waals surface area contributed by atoms with Crippen LogP contribution in [-0.2, 0) is 11.2 Å². The Balaban J connectivity index is 1.40. The molecule has 0 spiro atoms. The van der Waals surface area contributed by atoms with Crippen molar-refractivity contribution in [2.45, 2.75) is 44.6 Å². The summed E-state index contributed by atoms with van der Waals surface area (Å²) in [4.78, 5) is 23.2. The van der Waals surface area contributed by atoms with Crippen LogP contribution >= 0.6 is 0 Å². The molecule has 1 aliphatic heterocycles. The molecule has 7 heteroatoms. The standard InChI is InChI=1S/C19H24N4O3/c24-19(15-6-9-20-10-7-15)23-11-2-1-3-16(23)18-21-17(22-26-18)8-12-25-13-14-4-5-14/h6-7,9-10,14,16H,1-5,8,11-13H2. The van der Waals surface area contributed by atoms with Gasteiger partial charge < -0.3 is 14.2 Å². The molecule has 1 atom stereocenters. The van der Waals surface area contributed by atoms with Crippen LogP contribution in [0.4, 0.5) is 0 Å². The molecular weight excluding hydrogens is 332 g/mol. The topological polar surface area (TPSA) is 81.4 Å². The Morgan fingerprint density at radius 1 is 1.23 bits per heavy atom. The number of piperidine rings is 1. The molecule has 3 heterocycles. The third-order valence-electron chi connectivity index (χ3n) is 4.98. The van der Waals surface area contributed by atoms with Gasteiger partial charge in [0.25, 0.3) is 5.91 Å². The number of nitrogens with zero attached hydrogens (tertiary/aromatic N) is 4. The number of carbonyl (C=O) groups is 1.